The number of hydrogen-bond acceptors (Lipinski definition) is 3. The standard InChI is InChI=1S/C17H11N3O2S/c21-10-18-17-20-13-9-5-4-8-12(13)19-16(22)14(20)15(23-17)11-6-2-1-3-7-11/h1-10H,(H,19,22). The van der Waals surface area contributed by atoms with E-state index in [0.717, 1.165) is 16.0 Å². The van der Waals surface area contributed by atoms with Crippen molar-refractivity contribution >= 4 is 34.3 Å². The number of hydrogen-bond donors (Lipinski definition) is 1. The number of rotatable bonds is 2. The number of nitrogens with zero attached hydrogens (tertiary/aromatic N) is 2. The molecule has 112 valence electrons. The third kappa shape index (κ3) is 2.11. The molecule has 0 aliphatic rings. The molecular formula is C17H11N3O2S. The van der Waals surface area contributed by atoms with Crippen LogP contribution in [-0.4, -0.2) is 15.8 Å². The second-order valence-electron chi connectivity index (χ2n) is 4.97. The third-order valence-electron chi connectivity index (χ3n) is 3.63. The lowest BCUT2D eigenvalue weighted by Crippen LogP contribution is -2.16. The van der Waals surface area contributed by atoms with Crippen LogP contribution in [0.2, 0.25) is 0 Å². The fraction of sp³-hybridized carbons (Fsp3) is 0. The Bertz CT molecular complexity index is 1150. The molecule has 1 N–H and O–H groups in total. The lowest BCUT2D eigenvalue weighted by Gasteiger charge is -2.03. The number of carbonyl (C=O) groups excluding carboxylic acids is 1. The number of H-pyrrole nitrogens is 1. The number of benzene rings is 2. The van der Waals surface area contributed by atoms with Crippen molar-refractivity contribution in [1.82, 2.24) is 9.38 Å². The van der Waals surface area contributed by atoms with Gasteiger partial charge in [-0.3, -0.25) is 14.0 Å². The molecule has 0 saturated heterocycles. The number of amides is 1. The Kier molecular flexibility index (Phi) is 3.17. The maximum absolute atomic E-state index is 12.6. The molecule has 4 aromatic rings. The van der Waals surface area contributed by atoms with E-state index in [1.54, 1.807) is 4.40 Å². The normalized spacial score (nSPS) is 12.1. The van der Waals surface area contributed by atoms with Crippen molar-refractivity contribution in [1.29, 1.82) is 0 Å². The molecule has 2 aromatic heterocycles. The van der Waals surface area contributed by atoms with Gasteiger partial charge in [-0.1, -0.05) is 53.8 Å². The molecule has 5 nitrogen and oxygen atoms in total. The third-order valence-corrected chi connectivity index (χ3v) is 4.73. The summed E-state index contributed by atoms with van der Waals surface area (Å²) in [5.41, 5.74) is 2.73. The quantitative estimate of drug-likeness (QED) is 0.577. The highest BCUT2D eigenvalue weighted by molar-refractivity contribution is 7.13. The van der Waals surface area contributed by atoms with Crippen molar-refractivity contribution in [2.24, 2.45) is 4.99 Å². The van der Waals surface area contributed by atoms with Crippen molar-refractivity contribution in [3.05, 3.63) is 69.8 Å². The Labute approximate surface area is 134 Å². The predicted octanol–water partition coefficient (Wildman–Crippen LogP) is 2.57. The minimum absolute atomic E-state index is 0.203. The summed E-state index contributed by atoms with van der Waals surface area (Å²) in [6, 6.07) is 17.1. The number of aromatic amines is 1. The molecule has 0 bridgehead atoms. The number of nitrogens with one attached hydrogen (secondary N) is 1. The Morgan fingerprint density at radius 3 is 2.57 bits per heavy atom. The van der Waals surface area contributed by atoms with Crippen LogP contribution in [0.3, 0.4) is 0 Å². The minimum Gasteiger partial charge on any atom is -0.319 e. The Balaban J connectivity index is 2.28. The summed E-state index contributed by atoms with van der Waals surface area (Å²) in [5.74, 6) is 0. The number of aromatic nitrogens is 2. The van der Waals surface area contributed by atoms with Crippen LogP contribution < -0.4 is 10.4 Å². The maximum atomic E-state index is 12.6. The fourth-order valence-corrected chi connectivity index (χ4v) is 3.77. The molecule has 0 aliphatic carbocycles. The summed E-state index contributed by atoms with van der Waals surface area (Å²) in [6.07, 6.45) is 0.503. The van der Waals surface area contributed by atoms with Gasteiger partial charge in [0.05, 0.1) is 15.9 Å². The number of fused-ring (bicyclic) bond motifs is 3. The molecule has 2 aromatic carbocycles. The monoisotopic (exact) mass is 321 g/mol. The lowest BCUT2D eigenvalue weighted by molar-refractivity contribution is -0.107. The van der Waals surface area contributed by atoms with E-state index >= 15 is 0 Å². The second-order valence-corrected chi connectivity index (χ2v) is 5.95. The van der Waals surface area contributed by atoms with E-state index in [1.165, 1.54) is 11.3 Å². The summed E-state index contributed by atoms with van der Waals surface area (Å²) >= 11 is 1.32. The van der Waals surface area contributed by atoms with Gasteiger partial charge in [-0.25, -0.2) is 0 Å². The molecule has 0 unspecified atom stereocenters. The molecule has 0 spiro atoms. The van der Waals surface area contributed by atoms with Crippen LogP contribution in [0.4, 0.5) is 0 Å². The zero-order chi connectivity index (χ0) is 15.8. The second kappa shape index (κ2) is 5.33. The molecule has 23 heavy (non-hydrogen) atoms. The SMILES string of the molecule is O=CN=c1sc(-c2ccccc2)c2c(=O)[nH]c3ccccc3n12. The van der Waals surface area contributed by atoms with Gasteiger partial charge < -0.3 is 4.98 Å². The Morgan fingerprint density at radius 2 is 1.78 bits per heavy atom. The Hall–Kier alpha value is -2.99. The van der Waals surface area contributed by atoms with Gasteiger partial charge in [0.25, 0.3) is 5.56 Å². The first-order valence-corrected chi connectivity index (χ1v) is 7.81. The van der Waals surface area contributed by atoms with Gasteiger partial charge in [0.2, 0.25) is 6.41 Å². The average Bonchev–Trinajstić information content (AvgIpc) is 2.97. The average molecular weight is 321 g/mol. The number of thiazole rings is 1. The lowest BCUT2D eigenvalue weighted by atomic mass is 10.2. The highest BCUT2D eigenvalue weighted by atomic mass is 32.1. The van der Waals surface area contributed by atoms with Crippen LogP contribution in [0.5, 0.6) is 0 Å². The summed E-state index contributed by atoms with van der Waals surface area (Å²) in [6.45, 7) is 0. The molecule has 0 saturated carbocycles. The molecule has 2 heterocycles. The predicted molar refractivity (Wildman–Crippen MR) is 90.5 cm³/mol. The number of para-hydroxylation sites is 2. The molecule has 0 aliphatic heterocycles. The van der Waals surface area contributed by atoms with Crippen LogP contribution >= 0.6 is 11.3 Å². The van der Waals surface area contributed by atoms with Gasteiger partial charge in [-0.05, 0) is 17.7 Å². The molecule has 4 rings (SSSR count). The van der Waals surface area contributed by atoms with E-state index in [9.17, 15) is 9.59 Å². The van der Waals surface area contributed by atoms with Crippen LogP contribution in [0, 0.1) is 0 Å². The van der Waals surface area contributed by atoms with E-state index in [1.807, 2.05) is 54.6 Å². The van der Waals surface area contributed by atoms with Gasteiger partial charge in [-0.15, -0.1) is 0 Å². The zero-order valence-corrected chi connectivity index (χ0v) is 12.7. The van der Waals surface area contributed by atoms with Crippen molar-refractivity contribution in [3.8, 4) is 10.4 Å². The summed E-state index contributed by atoms with van der Waals surface area (Å²) in [4.78, 5) is 31.6. The van der Waals surface area contributed by atoms with E-state index in [0.29, 0.717) is 22.2 Å². The van der Waals surface area contributed by atoms with Crippen LogP contribution in [-0.2, 0) is 4.79 Å². The highest BCUT2D eigenvalue weighted by Crippen LogP contribution is 2.27. The Morgan fingerprint density at radius 1 is 1.04 bits per heavy atom. The highest BCUT2D eigenvalue weighted by Gasteiger charge is 2.15. The molecule has 0 radical (unpaired) electrons. The van der Waals surface area contributed by atoms with Gasteiger partial charge in [0, 0.05) is 0 Å². The fourth-order valence-electron chi connectivity index (χ4n) is 2.68. The van der Waals surface area contributed by atoms with Gasteiger partial charge >= 0.3 is 0 Å². The largest absolute Gasteiger partial charge is 0.319 e. The van der Waals surface area contributed by atoms with E-state index < -0.39 is 0 Å². The van der Waals surface area contributed by atoms with E-state index in [-0.39, 0.29) is 5.56 Å². The molecule has 0 atom stereocenters. The van der Waals surface area contributed by atoms with Crippen molar-refractivity contribution in [2.75, 3.05) is 0 Å². The van der Waals surface area contributed by atoms with E-state index in [2.05, 4.69) is 9.98 Å². The smallest absolute Gasteiger partial charge is 0.274 e. The van der Waals surface area contributed by atoms with E-state index in [4.69, 9.17) is 0 Å². The van der Waals surface area contributed by atoms with Crippen molar-refractivity contribution in [2.45, 2.75) is 0 Å². The van der Waals surface area contributed by atoms with Crippen LogP contribution in [0.15, 0.2) is 64.4 Å². The van der Waals surface area contributed by atoms with Gasteiger partial charge in [0.15, 0.2) is 4.80 Å². The molecule has 6 heteroatoms. The summed E-state index contributed by atoms with van der Waals surface area (Å²) in [7, 11) is 0. The zero-order valence-electron chi connectivity index (χ0n) is 11.9. The summed E-state index contributed by atoms with van der Waals surface area (Å²) < 4.78 is 1.75. The van der Waals surface area contributed by atoms with Gasteiger partial charge in [-0.2, -0.15) is 4.99 Å². The molecule has 1 amide bonds. The van der Waals surface area contributed by atoms with Crippen LogP contribution in [0.25, 0.3) is 27.0 Å². The summed E-state index contributed by atoms with van der Waals surface area (Å²) in [5, 5.41) is 0. The van der Waals surface area contributed by atoms with Crippen molar-refractivity contribution < 1.29 is 4.79 Å². The number of carbonyl (C=O) groups is 1. The molecule has 0 fully saturated rings. The van der Waals surface area contributed by atoms with Crippen molar-refractivity contribution in [3.63, 3.8) is 0 Å². The van der Waals surface area contributed by atoms with Gasteiger partial charge in [0.1, 0.15) is 5.52 Å². The first-order chi connectivity index (χ1) is 11.3. The first kappa shape index (κ1) is 13.7. The first-order valence-electron chi connectivity index (χ1n) is 6.99. The maximum Gasteiger partial charge on any atom is 0.274 e. The molecular weight excluding hydrogens is 310 g/mol. The minimum atomic E-state index is -0.203. The van der Waals surface area contributed by atoms with Crippen LogP contribution in [0.1, 0.15) is 0 Å². The topological polar surface area (TPSA) is 66.7 Å².